The van der Waals surface area contributed by atoms with E-state index in [1.807, 2.05) is 30.5 Å². The van der Waals surface area contributed by atoms with Gasteiger partial charge in [0.25, 0.3) is 0 Å². The first-order valence-corrected chi connectivity index (χ1v) is 4.10. The summed E-state index contributed by atoms with van der Waals surface area (Å²) in [5.41, 5.74) is 1.86. The molecule has 2 N–H and O–H groups in total. The molecule has 0 aliphatic carbocycles. The Kier molecular flexibility index (Phi) is 1.77. The lowest BCUT2D eigenvalue weighted by Gasteiger charge is -2.00. The van der Waals surface area contributed by atoms with E-state index in [1.165, 1.54) is 6.92 Å². The number of hydrogen-bond acceptors (Lipinski definition) is 1. The number of rotatable bonds is 1. The van der Waals surface area contributed by atoms with Gasteiger partial charge in [-0.15, -0.1) is 0 Å². The average Bonchev–Trinajstić information content (AvgIpc) is 2.49. The number of aromatic amines is 1. The highest BCUT2D eigenvalue weighted by Crippen LogP contribution is 2.17. The second-order valence-corrected chi connectivity index (χ2v) is 2.96. The number of amides is 1. The molecule has 13 heavy (non-hydrogen) atoms. The van der Waals surface area contributed by atoms with Gasteiger partial charge in [-0.2, -0.15) is 0 Å². The average molecular weight is 174 g/mol. The minimum absolute atomic E-state index is 0.0501. The minimum atomic E-state index is -0.0501. The number of hydrogen-bond donors (Lipinski definition) is 2. The Labute approximate surface area is 75.8 Å². The van der Waals surface area contributed by atoms with Crippen LogP contribution in [0.15, 0.2) is 30.5 Å². The molecule has 0 unspecified atom stereocenters. The molecule has 66 valence electrons. The lowest BCUT2D eigenvalue weighted by atomic mass is 10.2. The van der Waals surface area contributed by atoms with Crippen LogP contribution in [0.5, 0.6) is 0 Å². The molecule has 0 aliphatic heterocycles. The van der Waals surface area contributed by atoms with Gasteiger partial charge in [0.15, 0.2) is 0 Å². The van der Waals surface area contributed by atoms with Crippen LogP contribution < -0.4 is 5.32 Å². The number of aromatic nitrogens is 1. The van der Waals surface area contributed by atoms with Crippen LogP contribution >= 0.6 is 0 Å². The third kappa shape index (κ3) is 1.54. The molecule has 0 radical (unpaired) electrons. The van der Waals surface area contributed by atoms with Crippen LogP contribution in [0, 0.1) is 0 Å². The molecule has 3 nitrogen and oxygen atoms in total. The predicted molar refractivity (Wildman–Crippen MR) is 52.6 cm³/mol. The molecule has 1 heterocycles. The maximum atomic E-state index is 10.8. The lowest BCUT2D eigenvalue weighted by molar-refractivity contribution is -0.114. The van der Waals surface area contributed by atoms with E-state index in [2.05, 4.69) is 10.3 Å². The van der Waals surface area contributed by atoms with Crippen LogP contribution in [0.25, 0.3) is 10.9 Å². The molecule has 2 aromatic rings. The zero-order chi connectivity index (χ0) is 9.26. The number of anilines is 1. The van der Waals surface area contributed by atoms with E-state index >= 15 is 0 Å². The number of H-pyrrole nitrogens is 1. The van der Waals surface area contributed by atoms with E-state index in [9.17, 15) is 4.79 Å². The zero-order valence-electron chi connectivity index (χ0n) is 7.29. The maximum absolute atomic E-state index is 10.8. The van der Waals surface area contributed by atoms with Gasteiger partial charge in [-0.1, -0.05) is 6.07 Å². The van der Waals surface area contributed by atoms with Crippen molar-refractivity contribution in [2.45, 2.75) is 6.92 Å². The zero-order valence-corrected chi connectivity index (χ0v) is 7.29. The highest BCUT2D eigenvalue weighted by Gasteiger charge is 1.97. The second kappa shape index (κ2) is 2.94. The van der Waals surface area contributed by atoms with Crippen LogP contribution in [0.2, 0.25) is 0 Å². The fourth-order valence-corrected chi connectivity index (χ4v) is 1.33. The molecule has 0 saturated heterocycles. The highest BCUT2D eigenvalue weighted by atomic mass is 16.1. The van der Waals surface area contributed by atoms with Gasteiger partial charge >= 0.3 is 0 Å². The van der Waals surface area contributed by atoms with Gasteiger partial charge in [-0.05, 0) is 23.6 Å². The Morgan fingerprint density at radius 2 is 2.23 bits per heavy atom. The predicted octanol–water partition coefficient (Wildman–Crippen LogP) is 2.13. The monoisotopic (exact) mass is 174 g/mol. The molecular formula is C10H10N2O. The van der Waals surface area contributed by atoms with Crippen LogP contribution in [0.1, 0.15) is 6.92 Å². The summed E-state index contributed by atoms with van der Waals surface area (Å²) in [5.74, 6) is -0.0501. The molecule has 1 aromatic heterocycles. The number of carbonyl (C=O) groups is 1. The lowest BCUT2D eigenvalue weighted by Crippen LogP contribution is -2.05. The first-order chi connectivity index (χ1) is 6.25. The van der Waals surface area contributed by atoms with Gasteiger partial charge in [0.05, 0.1) is 0 Å². The molecule has 3 heteroatoms. The number of nitrogens with one attached hydrogen (secondary N) is 2. The van der Waals surface area contributed by atoms with E-state index in [0.717, 1.165) is 16.6 Å². The van der Waals surface area contributed by atoms with Gasteiger partial charge in [0.1, 0.15) is 0 Å². The van der Waals surface area contributed by atoms with Gasteiger partial charge in [-0.25, -0.2) is 0 Å². The van der Waals surface area contributed by atoms with E-state index in [-0.39, 0.29) is 5.91 Å². The molecule has 1 amide bonds. The van der Waals surface area contributed by atoms with E-state index in [4.69, 9.17) is 0 Å². The summed E-state index contributed by atoms with van der Waals surface area (Å²) in [4.78, 5) is 13.8. The highest BCUT2D eigenvalue weighted by molar-refractivity contribution is 5.92. The minimum Gasteiger partial charge on any atom is -0.361 e. The van der Waals surface area contributed by atoms with Gasteiger partial charge in [0, 0.05) is 24.3 Å². The second-order valence-electron chi connectivity index (χ2n) is 2.96. The molecule has 0 atom stereocenters. The topological polar surface area (TPSA) is 44.9 Å². The number of benzene rings is 1. The summed E-state index contributed by atoms with van der Waals surface area (Å²) in [6.45, 7) is 1.50. The first kappa shape index (κ1) is 7.86. The van der Waals surface area contributed by atoms with E-state index in [1.54, 1.807) is 0 Å². The summed E-state index contributed by atoms with van der Waals surface area (Å²) in [6, 6.07) is 7.76. The Morgan fingerprint density at radius 3 is 3.00 bits per heavy atom. The van der Waals surface area contributed by atoms with Crippen LogP contribution in [-0.4, -0.2) is 10.9 Å². The SMILES string of the molecule is CC(=O)Nc1ccc2cc[nH]c2c1. The Balaban J connectivity index is 2.42. The number of fused-ring (bicyclic) bond motifs is 1. The van der Waals surface area contributed by atoms with Gasteiger partial charge in [-0.3, -0.25) is 4.79 Å². The van der Waals surface area contributed by atoms with Crippen LogP contribution in [0.3, 0.4) is 0 Å². The van der Waals surface area contributed by atoms with Crippen molar-refractivity contribution < 1.29 is 4.79 Å². The molecule has 0 spiro atoms. The van der Waals surface area contributed by atoms with Crippen molar-refractivity contribution in [1.82, 2.24) is 4.98 Å². The summed E-state index contributed by atoms with van der Waals surface area (Å²) in [6.07, 6.45) is 1.88. The largest absolute Gasteiger partial charge is 0.361 e. The third-order valence-electron chi connectivity index (χ3n) is 1.88. The van der Waals surface area contributed by atoms with Crippen molar-refractivity contribution >= 4 is 22.5 Å². The molecule has 0 saturated carbocycles. The molecule has 1 aromatic carbocycles. The Bertz CT molecular complexity index is 445. The van der Waals surface area contributed by atoms with Crippen molar-refractivity contribution in [3.05, 3.63) is 30.5 Å². The van der Waals surface area contributed by atoms with Crippen molar-refractivity contribution in [1.29, 1.82) is 0 Å². The smallest absolute Gasteiger partial charge is 0.221 e. The Hall–Kier alpha value is -1.77. The maximum Gasteiger partial charge on any atom is 0.221 e. The van der Waals surface area contributed by atoms with Crippen LogP contribution in [-0.2, 0) is 4.79 Å². The first-order valence-electron chi connectivity index (χ1n) is 4.10. The van der Waals surface area contributed by atoms with Crippen molar-refractivity contribution in [2.24, 2.45) is 0 Å². The van der Waals surface area contributed by atoms with Crippen LogP contribution in [0.4, 0.5) is 5.69 Å². The van der Waals surface area contributed by atoms with Crippen molar-refractivity contribution in [2.75, 3.05) is 5.32 Å². The molecule has 2 rings (SSSR count). The summed E-state index contributed by atoms with van der Waals surface area (Å²) in [5, 5.41) is 3.88. The Morgan fingerprint density at radius 1 is 1.38 bits per heavy atom. The summed E-state index contributed by atoms with van der Waals surface area (Å²) >= 11 is 0. The molecule has 0 aliphatic rings. The number of carbonyl (C=O) groups excluding carboxylic acids is 1. The van der Waals surface area contributed by atoms with E-state index in [0.29, 0.717) is 0 Å². The van der Waals surface area contributed by atoms with Gasteiger partial charge in [0.2, 0.25) is 5.91 Å². The van der Waals surface area contributed by atoms with E-state index < -0.39 is 0 Å². The third-order valence-corrected chi connectivity index (χ3v) is 1.88. The summed E-state index contributed by atoms with van der Waals surface area (Å²) in [7, 11) is 0. The fraction of sp³-hybridized carbons (Fsp3) is 0.100. The molecule has 0 fully saturated rings. The normalized spacial score (nSPS) is 10.2. The molecular weight excluding hydrogens is 164 g/mol. The standard InChI is InChI=1S/C10H10N2O/c1-7(13)12-9-3-2-8-4-5-11-10(8)6-9/h2-6,11H,1H3,(H,12,13). The summed E-state index contributed by atoms with van der Waals surface area (Å²) < 4.78 is 0. The quantitative estimate of drug-likeness (QED) is 0.683. The van der Waals surface area contributed by atoms with Crippen molar-refractivity contribution in [3.8, 4) is 0 Å². The van der Waals surface area contributed by atoms with Crippen molar-refractivity contribution in [3.63, 3.8) is 0 Å². The molecule has 0 bridgehead atoms. The van der Waals surface area contributed by atoms with Gasteiger partial charge < -0.3 is 10.3 Å². The fourth-order valence-electron chi connectivity index (χ4n) is 1.33.